The molecule has 2 aliphatic heterocycles. The Kier molecular flexibility index (Phi) is 4.53. The van der Waals surface area contributed by atoms with Crippen LogP contribution in [0, 0.1) is 5.82 Å². The number of rotatable bonds is 3. The Balaban J connectivity index is 1.44. The van der Waals surface area contributed by atoms with Gasteiger partial charge in [0.1, 0.15) is 11.6 Å². The maximum Gasteiger partial charge on any atom is 0.292 e. The predicted molar refractivity (Wildman–Crippen MR) is 98.3 cm³/mol. The van der Waals surface area contributed by atoms with Crippen LogP contribution >= 0.6 is 0 Å². The highest BCUT2D eigenvalue weighted by atomic mass is 19.1. The number of nitrogens with one attached hydrogen (secondary N) is 1. The second-order valence-electron chi connectivity index (χ2n) is 6.93. The summed E-state index contributed by atoms with van der Waals surface area (Å²) in [6.45, 7) is 2.80. The number of imide groups is 1. The summed E-state index contributed by atoms with van der Waals surface area (Å²) < 4.78 is 13.1. The van der Waals surface area contributed by atoms with Gasteiger partial charge in [-0.15, -0.1) is 0 Å². The number of hydrogen-bond acceptors (Lipinski definition) is 4. The summed E-state index contributed by atoms with van der Waals surface area (Å²) >= 11 is 0. The molecule has 0 spiro atoms. The van der Waals surface area contributed by atoms with Crippen LogP contribution in [0.2, 0.25) is 0 Å². The first-order valence-electron chi connectivity index (χ1n) is 9.04. The van der Waals surface area contributed by atoms with E-state index in [1.807, 2.05) is 12.1 Å². The van der Waals surface area contributed by atoms with Crippen molar-refractivity contribution < 1.29 is 24.0 Å². The Bertz CT molecular complexity index is 863. The number of hydrogen-bond donors (Lipinski definition) is 2. The predicted octanol–water partition coefficient (Wildman–Crippen LogP) is 0.568. The molecular formula is C20H21FN3O3+. The molecule has 2 aliphatic rings. The van der Waals surface area contributed by atoms with Crippen molar-refractivity contribution in [2.24, 2.45) is 0 Å². The van der Waals surface area contributed by atoms with Crippen LogP contribution in [0.1, 0.15) is 6.42 Å². The molecule has 0 unspecified atom stereocenters. The van der Waals surface area contributed by atoms with Gasteiger partial charge in [0, 0.05) is 0 Å². The maximum absolute atomic E-state index is 13.1. The van der Waals surface area contributed by atoms with Crippen LogP contribution in [0.3, 0.4) is 0 Å². The van der Waals surface area contributed by atoms with E-state index in [1.165, 1.54) is 29.2 Å². The van der Waals surface area contributed by atoms with E-state index in [9.17, 15) is 19.1 Å². The number of benzene rings is 2. The van der Waals surface area contributed by atoms with Gasteiger partial charge in [-0.3, -0.25) is 9.59 Å². The van der Waals surface area contributed by atoms with Crippen molar-refractivity contribution in [2.45, 2.75) is 12.5 Å². The highest BCUT2D eigenvalue weighted by Crippen LogP contribution is 2.26. The quantitative estimate of drug-likeness (QED) is 0.776. The zero-order valence-corrected chi connectivity index (χ0v) is 14.8. The smallest absolute Gasteiger partial charge is 0.292 e. The average Bonchev–Trinajstić information content (AvgIpc) is 2.97. The van der Waals surface area contributed by atoms with E-state index >= 15 is 0 Å². The second kappa shape index (κ2) is 7.00. The Morgan fingerprint density at radius 1 is 1.00 bits per heavy atom. The lowest BCUT2D eigenvalue weighted by molar-refractivity contribution is -0.915. The monoisotopic (exact) mass is 370 g/mol. The molecule has 0 aliphatic carbocycles. The van der Waals surface area contributed by atoms with E-state index in [1.54, 1.807) is 12.1 Å². The minimum absolute atomic E-state index is 0.169. The molecular weight excluding hydrogens is 349 g/mol. The summed E-state index contributed by atoms with van der Waals surface area (Å²) in [4.78, 5) is 29.6. The van der Waals surface area contributed by atoms with E-state index in [0.29, 0.717) is 31.9 Å². The highest BCUT2D eigenvalue weighted by molar-refractivity contribution is 6.21. The molecule has 0 aromatic heterocycles. The number of nitrogens with zero attached hydrogens (tertiary/aromatic N) is 2. The van der Waals surface area contributed by atoms with Gasteiger partial charge in [-0.1, -0.05) is 12.1 Å². The second-order valence-corrected chi connectivity index (χ2v) is 6.93. The number of amides is 2. The van der Waals surface area contributed by atoms with Crippen molar-refractivity contribution >= 4 is 23.2 Å². The van der Waals surface area contributed by atoms with E-state index in [-0.39, 0.29) is 24.0 Å². The van der Waals surface area contributed by atoms with Crippen molar-refractivity contribution in [1.29, 1.82) is 0 Å². The van der Waals surface area contributed by atoms with Crippen molar-refractivity contribution in [1.82, 2.24) is 0 Å². The van der Waals surface area contributed by atoms with Crippen LogP contribution in [-0.2, 0) is 9.59 Å². The molecule has 2 heterocycles. The van der Waals surface area contributed by atoms with E-state index in [2.05, 4.69) is 4.90 Å². The number of anilines is 2. The SMILES string of the molecule is O=C1C[C@@H]([NH+]2CCN(c3ccccc3O)CC2)C(=O)N1c1ccc(F)cc1. The highest BCUT2D eigenvalue weighted by Gasteiger charge is 2.46. The number of phenolic OH excluding ortho intramolecular Hbond substituents is 1. The van der Waals surface area contributed by atoms with Gasteiger partial charge in [-0.2, -0.15) is 0 Å². The molecule has 1 atom stereocenters. The van der Waals surface area contributed by atoms with Crippen LogP contribution in [0.25, 0.3) is 0 Å². The number of piperazine rings is 1. The van der Waals surface area contributed by atoms with Gasteiger partial charge >= 0.3 is 0 Å². The first-order valence-corrected chi connectivity index (χ1v) is 9.04. The summed E-state index contributed by atoms with van der Waals surface area (Å²) in [5.41, 5.74) is 1.21. The molecule has 2 N–H and O–H groups in total. The molecule has 0 radical (unpaired) electrons. The lowest BCUT2D eigenvalue weighted by Crippen LogP contribution is -3.19. The Hall–Kier alpha value is -2.93. The zero-order valence-electron chi connectivity index (χ0n) is 14.8. The summed E-state index contributed by atoms with van der Waals surface area (Å²) in [6.07, 6.45) is 0.169. The lowest BCUT2D eigenvalue weighted by Gasteiger charge is -2.35. The third-order valence-corrected chi connectivity index (χ3v) is 5.35. The van der Waals surface area contributed by atoms with Crippen LogP contribution < -0.4 is 14.7 Å². The average molecular weight is 370 g/mol. The fourth-order valence-electron chi connectivity index (χ4n) is 3.93. The van der Waals surface area contributed by atoms with Crippen LogP contribution in [-0.4, -0.2) is 49.1 Å². The molecule has 2 aromatic carbocycles. The molecule has 140 valence electrons. The zero-order chi connectivity index (χ0) is 19.0. The van der Waals surface area contributed by atoms with Gasteiger partial charge in [0.05, 0.1) is 44.0 Å². The molecule has 2 amide bonds. The fourth-order valence-corrected chi connectivity index (χ4v) is 3.93. The van der Waals surface area contributed by atoms with Crippen molar-refractivity contribution in [3.05, 3.63) is 54.3 Å². The standard InChI is InChI=1S/C20H20FN3O3/c21-14-5-7-15(8-6-14)24-19(26)13-17(20(24)27)23-11-9-22(10-12-23)16-3-1-2-4-18(16)25/h1-8,17,25H,9-13H2/p+1/t17-/m1/s1. The van der Waals surface area contributed by atoms with E-state index < -0.39 is 11.9 Å². The molecule has 7 heteroatoms. The normalized spacial score (nSPS) is 21.1. The molecule has 6 nitrogen and oxygen atoms in total. The first-order chi connectivity index (χ1) is 13.0. The molecule has 2 aromatic rings. The summed E-state index contributed by atoms with van der Waals surface area (Å²) in [5.74, 6) is -0.624. The van der Waals surface area contributed by atoms with Crippen molar-refractivity contribution in [3.8, 4) is 5.75 Å². The van der Waals surface area contributed by atoms with Crippen molar-refractivity contribution in [2.75, 3.05) is 36.0 Å². The third kappa shape index (κ3) is 3.26. The topological polar surface area (TPSA) is 65.3 Å². The summed E-state index contributed by atoms with van der Waals surface area (Å²) in [5, 5.41) is 10.0. The largest absolute Gasteiger partial charge is 0.506 e. The van der Waals surface area contributed by atoms with Gasteiger partial charge in [0.2, 0.25) is 5.91 Å². The molecule has 0 bridgehead atoms. The molecule has 0 saturated carbocycles. The van der Waals surface area contributed by atoms with Crippen LogP contribution in [0.5, 0.6) is 5.75 Å². The van der Waals surface area contributed by atoms with Crippen LogP contribution in [0.4, 0.5) is 15.8 Å². The Morgan fingerprint density at radius 2 is 1.67 bits per heavy atom. The number of aromatic hydroxyl groups is 1. The molecule has 27 heavy (non-hydrogen) atoms. The number of carbonyl (C=O) groups is 2. The Morgan fingerprint density at radius 3 is 2.33 bits per heavy atom. The van der Waals surface area contributed by atoms with Crippen molar-refractivity contribution in [3.63, 3.8) is 0 Å². The number of phenols is 1. The maximum atomic E-state index is 13.1. The summed E-state index contributed by atoms with van der Waals surface area (Å²) in [6, 6.07) is 12.2. The molecule has 4 rings (SSSR count). The van der Waals surface area contributed by atoms with Gasteiger partial charge in [0.15, 0.2) is 6.04 Å². The van der Waals surface area contributed by atoms with Gasteiger partial charge in [-0.05, 0) is 36.4 Å². The van der Waals surface area contributed by atoms with Crippen LogP contribution in [0.15, 0.2) is 48.5 Å². The van der Waals surface area contributed by atoms with Gasteiger partial charge in [-0.25, -0.2) is 9.29 Å². The summed E-state index contributed by atoms with van der Waals surface area (Å²) in [7, 11) is 0. The first kappa shape index (κ1) is 17.5. The van der Waals surface area contributed by atoms with Gasteiger partial charge in [0.25, 0.3) is 5.91 Å². The Labute approximate surface area is 156 Å². The number of carbonyl (C=O) groups excluding carboxylic acids is 2. The minimum Gasteiger partial charge on any atom is -0.506 e. The minimum atomic E-state index is -0.408. The number of quaternary nitrogens is 1. The van der Waals surface area contributed by atoms with E-state index in [0.717, 1.165) is 10.6 Å². The third-order valence-electron chi connectivity index (χ3n) is 5.35. The lowest BCUT2D eigenvalue weighted by atomic mass is 10.1. The number of halogens is 1. The number of para-hydroxylation sites is 2. The fraction of sp³-hybridized carbons (Fsp3) is 0.300. The van der Waals surface area contributed by atoms with E-state index in [4.69, 9.17) is 0 Å². The van der Waals surface area contributed by atoms with Gasteiger partial charge < -0.3 is 14.9 Å². The molecule has 2 fully saturated rings. The molecule has 2 saturated heterocycles.